The van der Waals surface area contributed by atoms with Gasteiger partial charge in [0.25, 0.3) is 0 Å². The van der Waals surface area contributed by atoms with Crippen molar-refractivity contribution in [2.75, 3.05) is 6.54 Å². The Hall–Kier alpha value is -1.63. The maximum absolute atomic E-state index is 4.24. The van der Waals surface area contributed by atoms with E-state index in [1.807, 2.05) is 44.4 Å². The summed E-state index contributed by atoms with van der Waals surface area (Å²) in [6.45, 7) is 6.84. The van der Waals surface area contributed by atoms with E-state index in [9.17, 15) is 0 Å². The molecule has 92 valence electrons. The van der Waals surface area contributed by atoms with E-state index in [-0.39, 0.29) is 0 Å². The van der Waals surface area contributed by atoms with E-state index in [4.69, 9.17) is 0 Å². The van der Waals surface area contributed by atoms with Crippen LogP contribution in [-0.4, -0.2) is 12.8 Å². The van der Waals surface area contributed by atoms with Crippen LogP contribution in [0.2, 0.25) is 0 Å². The molecule has 0 atom stereocenters. The lowest BCUT2D eigenvalue weighted by molar-refractivity contribution is 1.23. The van der Waals surface area contributed by atoms with Crippen LogP contribution in [0.4, 0.5) is 0 Å². The van der Waals surface area contributed by atoms with E-state index in [2.05, 4.69) is 42.3 Å². The SMILES string of the molecule is CC.CC1=C/CN=C\C=C/C=C\C=C\C/C=C\1. The summed E-state index contributed by atoms with van der Waals surface area (Å²) in [4.78, 5) is 4.24. The van der Waals surface area contributed by atoms with Crippen molar-refractivity contribution < 1.29 is 0 Å². The molecule has 0 bridgehead atoms. The van der Waals surface area contributed by atoms with Crippen LogP contribution >= 0.6 is 0 Å². The van der Waals surface area contributed by atoms with Gasteiger partial charge in [0.05, 0.1) is 6.54 Å². The second-order valence-electron chi connectivity index (χ2n) is 3.30. The molecule has 0 fully saturated rings. The molecule has 0 unspecified atom stereocenters. The maximum atomic E-state index is 4.24. The Bertz CT molecular complexity index is 339. The van der Waals surface area contributed by atoms with Gasteiger partial charge in [0.2, 0.25) is 0 Å². The van der Waals surface area contributed by atoms with Gasteiger partial charge in [0, 0.05) is 6.21 Å². The molecule has 17 heavy (non-hydrogen) atoms. The highest BCUT2D eigenvalue weighted by Gasteiger charge is 1.80. The highest BCUT2D eigenvalue weighted by molar-refractivity contribution is 5.71. The third-order valence-electron chi connectivity index (χ3n) is 1.94. The van der Waals surface area contributed by atoms with E-state index in [1.165, 1.54) is 5.57 Å². The number of rotatable bonds is 0. The third kappa shape index (κ3) is 10.6. The normalized spacial score (nSPS) is 26.4. The molecular formula is C16H23N. The Kier molecular flexibility index (Phi) is 11.2. The van der Waals surface area contributed by atoms with Gasteiger partial charge in [-0.2, -0.15) is 0 Å². The van der Waals surface area contributed by atoms with Crippen LogP contribution in [0.3, 0.4) is 0 Å². The van der Waals surface area contributed by atoms with Gasteiger partial charge in [0.15, 0.2) is 0 Å². The largest absolute Gasteiger partial charge is 0.289 e. The Balaban J connectivity index is 0.00000121. The first-order valence-corrected chi connectivity index (χ1v) is 6.21. The fourth-order valence-electron chi connectivity index (χ4n) is 1.12. The van der Waals surface area contributed by atoms with Crippen molar-refractivity contribution >= 4 is 6.21 Å². The number of allylic oxidation sites excluding steroid dienone is 9. The number of aliphatic imine (C=N–C) groups is 1. The highest BCUT2D eigenvalue weighted by Crippen LogP contribution is 1.97. The molecule has 0 N–H and O–H groups in total. The van der Waals surface area contributed by atoms with Crippen molar-refractivity contribution in [2.24, 2.45) is 4.99 Å². The van der Waals surface area contributed by atoms with Crippen LogP contribution in [0, 0.1) is 0 Å². The third-order valence-corrected chi connectivity index (χ3v) is 1.94. The van der Waals surface area contributed by atoms with Gasteiger partial charge in [-0.15, -0.1) is 0 Å². The lowest BCUT2D eigenvalue weighted by Gasteiger charge is -1.90. The van der Waals surface area contributed by atoms with E-state index < -0.39 is 0 Å². The number of hydrogen-bond acceptors (Lipinski definition) is 1. The highest BCUT2D eigenvalue weighted by atomic mass is 14.7. The minimum atomic E-state index is 0.750. The van der Waals surface area contributed by atoms with Crippen LogP contribution in [0.1, 0.15) is 27.2 Å². The van der Waals surface area contributed by atoms with Crippen molar-refractivity contribution in [3.63, 3.8) is 0 Å². The topological polar surface area (TPSA) is 12.4 Å². The van der Waals surface area contributed by atoms with Crippen molar-refractivity contribution in [1.29, 1.82) is 0 Å². The molecule has 0 aliphatic carbocycles. The summed E-state index contributed by atoms with van der Waals surface area (Å²) < 4.78 is 0. The van der Waals surface area contributed by atoms with Gasteiger partial charge in [0.1, 0.15) is 0 Å². The van der Waals surface area contributed by atoms with Crippen molar-refractivity contribution in [1.82, 2.24) is 0 Å². The van der Waals surface area contributed by atoms with Crippen molar-refractivity contribution in [3.05, 3.63) is 60.3 Å². The molecule has 0 saturated heterocycles. The molecule has 1 nitrogen and oxygen atoms in total. The first-order chi connectivity index (χ1) is 8.39. The molecule has 1 heterocycles. The summed E-state index contributed by atoms with van der Waals surface area (Å²) in [5.41, 5.74) is 1.26. The average molecular weight is 229 g/mol. The fourth-order valence-corrected chi connectivity index (χ4v) is 1.12. The Morgan fingerprint density at radius 1 is 0.941 bits per heavy atom. The predicted molar refractivity (Wildman–Crippen MR) is 79.6 cm³/mol. The second kappa shape index (κ2) is 12.4. The molecule has 1 aliphatic rings. The van der Waals surface area contributed by atoms with E-state index in [0.717, 1.165) is 13.0 Å². The fraction of sp³-hybridized carbons (Fsp3) is 0.312. The zero-order valence-electron chi connectivity index (χ0n) is 11.1. The van der Waals surface area contributed by atoms with Gasteiger partial charge in [-0.1, -0.05) is 68.0 Å². The van der Waals surface area contributed by atoms with Crippen LogP contribution in [0.5, 0.6) is 0 Å². The minimum absolute atomic E-state index is 0.750. The Morgan fingerprint density at radius 3 is 2.47 bits per heavy atom. The molecular weight excluding hydrogens is 206 g/mol. The molecule has 1 aliphatic heterocycles. The summed E-state index contributed by atoms with van der Waals surface area (Å²) in [5, 5.41) is 0. The van der Waals surface area contributed by atoms with Crippen LogP contribution in [-0.2, 0) is 0 Å². The van der Waals surface area contributed by atoms with Gasteiger partial charge in [-0.25, -0.2) is 0 Å². The molecule has 0 aromatic rings. The van der Waals surface area contributed by atoms with Crippen LogP contribution in [0.15, 0.2) is 65.2 Å². The summed E-state index contributed by atoms with van der Waals surface area (Å²) in [7, 11) is 0. The summed E-state index contributed by atoms with van der Waals surface area (Å²) in [6, 6.07) is 0. The predicted octanol–water partition coefficient (Wildman–Crippen LogP) is 4.66. The summed E-state index contributed by atoms with van der Waals surface area (Å²) >= 11 is 0. The van der Waals surface area contributed by atoms with Crippen LogP contribution < -0.4 is 0 Å². The van der Waals surface area contributed by atoms with Gasteiger partial charge >= 0.3 is 0 Å². The van der Waals surface area contributed by atoms with E-state index in [0.29, 0.717) is 0 Å². The Labute approximate surface area is 106 Å². The minimum Gasteiger partial charge on any atom is -0.289 e. The summed E-state index contributed by atoms with van der Waals surface area (Å²) in [5.74, 6) is 0. The molecule has 0 aromatic carbocycles. The standard InChI is InChI=1S/C14H17N.C2H6/c1-14-10-8-6-4-2-3-5-7-9-12-15-13-11-14;1-2/h2-5,7-12H,6,13H2,1H3;1-2H3/b4-2+,5-3-,9-7-,10-8-,14-11-,15-12?;. The second-order valence-corrected chi connectivity index (χ2v) is 3.30. The van der Waals surface area contributed by atoms with E-state index >= 15 is 0 Å². The lowest BCUT2D eigenvalue weighted by Crippen LogP contribution is -1.77. The number of nitrogens with zero attached hydrogens (tertiary/aromatic N) is 1. The van der Waals surface area contributed by atoms with E-state index in [1.54, 1.807) is 0 Å². The molecule has 0 spiro atoms. The molecule has 0 amide bonds. The number of hydrogen-bond donors (Lipinski definition) is 0. The molecule has 1 heteroatoms. The quantitative estimate of drug-likeness (QED) is 0.573. The zero-order valence-corrected chi connectivity index (χ0v) is 11.1. The molecule has 0 aromatic heterocycles. The Morgan fingerprint density at radius 2 is 1.65 bits per heavy atom. The molecule has 0 saturated carbocycles. The average Bonchev–Trinajstić information content (AvgIpc) is 2.37. The zero-order chi connectivity index (χ0) is 12.8. The van der Waals surface area contributed by atoms with Gasteiger partial charge in [-0.05, 0) is 19.4 Å². The van der Waals surface area contributed by atoms with Crippen LogP contribution in [0.25, 0.3) is 0 Å². The maximum Gasteiger partial charge on any atom is 0.0575 e. The van der Waals surface area contributed by atoms with Gasteiger partial charge < -0.3 is 0 Å². The van der Waals surface area contributed by atoms with Gasteiger partial charge in [-0.3, -0.25) is 4.99 Å². The molecule has 0 radical (unpaired) electrons. The van der Waals surface area contributed by atoms with Crippen molar-refractivity contribution in [2.45, 2.75) is 27.2 Å². The summed E-state index contributed by atoms with van der Waals surface area (Å²) in [6.07, 6.45) is 21.3. The first-order valence-electron chi connectivity index (χ1n) is 6.21. The smallest absolute Gasteiger partial charge is 0.0575 e. The lowest BCUT2D eigenvalue weighted by atomic mass is 10.2. The monoisotopic (exact) mass is 229 g/mol. The van der Waals surface area contributed by atoms with Crippen molar-refractivity contribution in [3.8, 4) is 0 Å². The molecule has 1 rings (SSSR count). The first kappa shape index (κ1) is 15.4.